The molecule has 2 rings (SSSR count). The molecular formula is C18H27N3O2. The Kier molecular flexibility index (Phi) is 6.02. The number of carbonyl (C=O) groups is 2. The van der Waals surface area contributed by atoms with Crippen molar-refractivity contribution >= 4 is 17.5 Å². The Morgan fingerprint density at radius 3 is 2.61 bits per heavy atom. The lowest BCUT2D eigenvalue weighted by molar-refractivity contribution is -0.128. The lowest BCUT2D eigenvalue weighted by atomic mass is 10.1. The van der Waals surface area contributed by atoms with Gasteiger partial charge in [0, 0.05) is 18.8 Å². The molecule has 2 N–H and O–H groups in total. The molecule has 0 spiro atoms. The minimum absolute atomic E-state index is 0.0645. The quantitative estimate of drug-likeness (QED) is 0.872. The maximum Gasteiger partial charge on any atom is 0.242 e. The van der Waals surface area contributed by atoms with Crippen LogP contribution in [0.25, 0.3) is 0 Å². The topological polar surface area (TPSA) is 61.4 Å². The second-order valence-electron chi connectivity index (χ2n) is 6.27. The van der Waals surface area contributed by atoms with Gasteiger partial charge in [0.1, 0.15) is 6.04 Å². The van der Waals surface area contributed by atoms with Crippen LogP contribution in [0.2, 0.25) is 0 Å². The van der Waals surface area contributed by atoms with E-state index in [4.69, 9.17) is 0 Å². The number of hydrogen-bond donors (Lipinski definition) is 2. The van der Waals surface area contributed by atoms with Crippen LogP contribution in [0, 0.1) is 13.8 Å². The van der Waals surface area contributed by atoms with Crippen LogP contribution in [-0.2, 0) is 9.59 Å². The number of anilines is 1. The zero-order chi connectivity index (χ0) is 16.8. The van der Waals surface area contributed by atoms with E-state index < -0.39 is 6.04 Å². The first-order chi connectivity index (χ1) is 11.0. The van der Waals surface area contributed by atoms with Crippen LogP contribution in [0.5, 0.6) is 0 Å². The van der Waals surface area contributed by atoms with E-state index in [9.17, 15) is 9.59 Å². The van der Waals surface area contributed by atoms with Crippen molar-refractivity contribution in [1.82, 2.24) is 10.6 Å². The van der Waals surface area contributed by atoms with E-state index >= 15 is 0 Å². The van der Waals surface area contributed by atoms with Crippen LogP contribution in [0.15, 0.2) is 18.2 Å². The lowest BCUT2D eigenvalue weighted by Crippen LogP contribution is -2.48. The number of amides is 2. The van der Waals surface area contributed by atoms with Crippen molar-refractivity contribution in [3.8, 4) is 0 Å². The molecule has 1 aliphatic heterocycles. The van der Waals surface area contributed by atoms with Gasteiger partial charge in [-0.25, -0.2) is 0 Å². The summed E-state index contributed by atoms with van der Waals surface area (Å²) in [6, 6.07) is 5.89. The molecule has 126 valence electrons. The minimum atomic E-state index is -0.400. The Bertz CT molecular complexity index is 551. The third-order valence-electron chi connectivity index (χ3n) is 4.16. The van der Waals surface area contributed by atoms with Crippen molar-refractivity contribution in [2.24, 2.45) is 0 Å². The summed E-state index contributed by atoms with van der Waals surface area (Å²) in [6.45, 7) is 7.86. The van der Waals surface area contributed by atoms with Crippen molar-refractivity contribution in [3.05, 3.63) is 29.3 Å². The standard InChI is InChI=1S/C18H27N3O2/c1-4-21(15-10-13(2)9-14(3)11-15)12-17(22)20-16-7-5-6-8-19-18(16)23/h9-11,16H,4-8,12H2,1-3H3,(H,19,23)(H,20,22)/t16-/m0/s1. The second-order valence-corrected chi connectivity index (χ2v) is 6.27. The number of nitrogens with one attached hydrogen (secondary N) is 2. The molecule has 5 heteroatoms. The van der Waals surface area contributed by atoms with Gasteiger partial charge in [-0.15, -0.1) is 0 Å². The fraction of sp³-hybridized carbons (Fsp3) is 0.556. The van der Waals surface area contributed by atoms with Crippen LogP contribution < -0.4 is 15.5 Å². The Morgan fingerprint density at radius 1 is 1.26 bits per heavy atom. The average molecular weight is 317 g/mol. The van der Waals surface area contributed by atoms with Gasteiger partial charge in [-0.3, -0.25) is 9.59 Å². The smallest absolute Gasteiger partial charge is 0.242 e. The monoisotopic (exact) mass is 317 g/mol. The molecule has 23 heavy (non-hydrogen) atoms. The van der Waals surface area contributed by atoms with E-state index in [0.29, 0.717) is 13.0 Å². The van der Waals surface area contributed by atoms with Gasteiger partial charge in [-0.05, 0) is 63.3 Å². The summed E-state index contributed by atoms with van der Waals surface area (Å²) in [4.78, 5) is 26.3. The number of aryl methyl sites for hydroxylation is 2. The first-order valence-corrected chi connectivity index (χ1v) is 8.40. The molecule has 1 aliphatic rings. The summed E-state index contributed by atoms with van der Waals surface area (Å²) >= 11 is 0. The van der Waals surface area contributed by atoms with E-state index in [1.165, 1.54) is 11.1 Å². The highest BCUT2D eigenvalue weighted by molar-refractivity contribution is 5.89. The molecule has 0 aromatic heterocycles. The Labute approximate surface area is 138 Å². The van der Waals surface area contributed by atoms with Gasteiger partial charge in [-0.2, -0.15) is 0 Å². The van der Waals surface area contributed by atoms with Crippen molar-refractivity contribution in [3.63, 3.8) is 0 Å². The van der Waals surface area contributed by atoms with Crippen LogP contribution in [0.1, 0.15) is 37.3 Å². The van der Waals surface area contributed by atoms with Gasteiger partial charge in [0.25, 0.3) is 0 Å². The SMILES string of the molecule is CCN(CC(=O)N[C@H]1CCCCNC1=O)c1cc(C)cc(C)c1. The van der Waals surface area contributed by atoms with Crippen molar-refractivity contribution in [2.45, 2.75) is 46.1 Å². The second kappa shape index (κ2) is 7.99. The number of rotatable bonds is 5. The molecule has 0 bridgehead atoms. The Hall–Kier alpha value is -2.04. The van der Waals surface area contributed by atoms with E-state index in [0.717, 1.165) is 25.1 Å². The molecule has 5 nitrogen and oxygen atoms in total. The van der Waals surface area contributed by atoms with Crippen LogP contribution in [-0.4, -0.2) is 37.5 Å². The molecule has 2 amide bonds. The lowest BCUT2D eigenvalue weighted by Gasteiger charge is -2.24. The van der Waals surface area contributed by atoms with Gasteiger partial charge in [0.2, 0.25) is 11.8 Å². The molecule has 1 aromatic carbocycles. The third-order valence-corrected chi connectivity index (χ3v) is 4.16. The summed E-state index contributed by atoms with van der Waals surface area (Å²) in [7, 11) is 0. The Morgan fingerprint density at radius 2 is 1.96 bits per heavy atom. The van der Waals surface area contributed by atoms with E-state index in [1.807, 2.05) is 11.8 Å². The number of benzene rings is 1. The third kappa shape index (κ3) is 4.98. The molecule has 1 atom stereocenters. The summed E-state index contributed by atoms with van der Waals surface area (Å²) in [5.41, 5.74) is 3.41. The fourth-order valence-corrected chi connectivity index (χ4v) is 3.01. The molecule has 1 aromatic rings. The Balaban J connectivity index is 2.00. The van der Waals surface area contributed by atoms with E-state index in [2.05, 4.69) is 42.7 Å². The minimum Gasteiger partial charge on any atom is -0.362 e. The first kappa shape index (κ1) is 17.3. The van der Waals surface area contributed by atoms with Gasteiger partial charge >= 0.3 is 0 Å². The molecule has 0 aliphatic carbocycles. The first-order valence-electron chi connectivity index (χ1n) is 8.40. The van der Waals surface area contributed by atoms with E-state index in [-0.39, 0.29) is 18.4 Å². The number of nitrogens with zero attached hydrogens (tertiary/aromatic N) is 1. The van der Waals surface area contributed by atoms with Crippen LogP contribution in [0.4, 0.5) is 5.69 Å². The molecule has 0 unspecified atom stereocenters. The number of likely N-dealkylation sites (N-methyl/N-ethyl adjacent to an activating group) is 1. The van der Waals surface area contributed by atoms with Crippen molar-refractivity contribution in [2.75, 3.05) is 24.5 Å². The highest BCUT2D eigenvalue weighted by Gasteiger charge is 2.23. The molecular weight excluding hydrogens is 290 g/mol. The van der Waals surface area contributed by atoms with Crippen molar-refractivity contribution < 1.29 is 9.59 Å². The van der Waals surface area contributed by atoms with Crippen LogP contribution >= 0.6 is 0 Å². The normalized spacial score (nSPS) is 18.0. The average Bonchev–Trinajstić information content (AvgIpc) is 2.69. The van der Waals surface area contributed by atoms with Gasteiger partial charge in [0.15, 0.2) is 0 Å². The summed E-state index contributed by atoms with van der Waals surface area (Å²) in [6.07, 6.45) is 2.65. The largest absolute Gasteiger partial charge is 0.362 e. The molecule has 1 saturated heterocycles. The van der Waals surface area contributed by atoms with Gasteiger partial charge in [0.05, 0.1) is 6.54 Å². The summed E-state index contributed by atoms with van der Waals surface area (Å²) in [5, 5.41) is 5.73. The van der Waals surface area contributed by atoms with Gasteiger partial charge < -0.3 is 15.5 Å². The predicted octanol–water partition coefficient (Wildman–Crippen LogP) is 1.91. The predicted molar refractivity (Wildman–Crippen MR) is 92.6 cm³/mol. The van der Waals surface area contributed by atoms with Crippen molar-refractivity contribution in [1.29, 1.82) is 0 Å². The molecule has 0 radical (unpaired) electrons. The van der Waals surface area contributed by atoms with Crippen LogP contribution in [0.3, 0.4) is 0 Å². The number of hydrogen-bond acceptors (Lipinski definition) is 3. The number of carbonyl (C=O) groups excluding carboxylic acids is 2. The zero-order valence-electron chi connectivity index (χ0n) is 14.3. The highest BCUT2D eigenvalue weighted by Crippen LogP contribution is 2.18. The maximum absolute atomic E-state index is 12.3. The zero-order valence-corrected chi connectivity index (χ0v) is 14.3. The molecule has 1 fully saturated rings. The fourth-order valence-electron chi connectivity index (χ4n) is 3.01. The van der Waals surface area contributed by atoms with E-state index in [1.54, 1.807) is 0 Å². The molecule has 0 saturated carbocycles. The maximum atomic E-state index is 12.3. The molecule has 1 heterocycles. The summed E-state index contributed by atoms with van der Waals surface area (Å²) < 4.78 is 0. The summed E-state index contributed by atoms with van der Waals surface area (Å²) in [5.74, 6) is -0.168. The van der Waals surface area contributed by atoms with Gasteiger partial charge in [-0.1, -0.05) is 6.07 Å². The highest BCUT2D eigenvalue weighted by atomic mass is 16.2.